The monoisotopic (exact) mass is 280 g/mol. The van der Waals surface area contributed by atoms with Gasteiger partial charge in [-0.1, -0.05) is 6.92 Å². The molecule has 0 radical (unpaired) electrons. The Morgan fingerprint density at radius 3 is 2.84 bits per heavy atom. The van der Waals surface area contributed by atoms with E-state index >= 15 is 0 Å². The van der Waals surface area contributed by atoms with Crippen LogP contribution in [0.3, 0.4) is 0 Å². The van der Waals surface area contributed by atoms with Gasteiger partial charge in [-0.3, -0.25) is 0 Å². The summed E-state index contributed by atoms with van der Waals surface area (Å²) in [6, 6.07) is 1.99. The smallest absolute Gasteiger partial charge is 0.160 e. The highest BCUT2D eigenvalue weighted by Crippen LogP contribution is 2.24. The minimum atomic E-state index is -0.111. The van der Waals surface area contributed by atoms with Crippen molar-refractivity contribution < 1.29 is 0 Å². The maximum atomic E-state index is 6.26. The fourth-order valence-electron chi connectivity index (χ4n) is 2.11. The van der Waals surface area contributed by atoms with Crippen molar-refractivity contribution in [1.29, 1.82) is 0 Å². The van der Waals surface area contributed by atoms with Gasteiger partial charge in [-0.15, -0.1) is 11.6 Å². The van der Waals surface area contributed by atoms with Crippen LogP contribution in [0.2, 0.25) is 0 Å². The molecule has 2 heterocycles. The van der Waals surface area contributed by atoms with E-state index in [1.165, 1.54) is 0 Å². The molecule has 2 rings (SSSR count). The minimum absolute atomic E-state index is 0.111. The summed E-state index contributed by atoms with van der Waals surface area (Å²) in [4.78, 5) is 11.4. The molecule has 0 amide bonds. The van der Waals surface area contributed by atoms with Gasteiger partial charge in [0.2, 0.25) is 0 Å². The summed E-state index contributed by atoms with van der Waals surface area (Å²) >= 11 is 6.26. The van der Waals surface area contributed by atoms with Crippen LogP contribution in [0.25, 0.3) is 11.2 Å². The fraction of sp³-hybridized carbons (Fsp3) is 0.571. The van der Waals surface area contributed by atoms with Crippen molar-refractivity contribution in [1.82, 2.24) is 19.4 Å². The van der Waals surface area contributed by atoms with Gasteiger partial charge < -0.3 is 9.47 Å². The highest BCUT2D eigenvalue weighted by Gasteiger charge is 2.16. The summed E-state index contributed by atoms with van der Waals surface area (Å²) in [5.74, 6) is 0.906. The molecule has 0 saturated heterocycles. The summed E-state index contributed by atoms with van der Waals surface area (Å²) in [6.07, 6.45) is 1.84. The Balaban J connectivity index is 2.44. The van der Waals surface area contributed by atoms with E-state index in [1.54, 1.807) is 0 Å². The second-order valence-corrected chi connectivity index (χ2v) is 5.59. The largest absolute Gasteiger partial charge is 0.310 e. The maximum absolute atomic E-state index is 6.26. The molecule has 0 fully saturated rings. The lowest BCUT2D eigenvalue weighted by molar-refractivity contribution is 0.335. The zero-order valence-electron chi connectivity index (χ0n) is 12.0. The Bertz CT molecular complexity index is 562. The number of likely N-dealkylation sites (N-methyl/N-ethyl adjacent to an activating group) is 1. The number of hydrogen-bond donors (Lipinski definition) is 0. The van der Waals surface area contributed by atoms with E-state index in [0.717, 1.165) is 42.2 Å². The molecular weight excluding hydrogens is 260 g/mol. The molecule has 0 aliphatic rings. The topological polar surface area (TPSA) is 34.0 Å². The number of pyridine rings is 1. The Hall–Kier alpha value is -1.13. The third-order valence-corrected chi connectivity index (χ3v) is 3.66. The van der Waals surface area contributed by atoms with Crippen LogP contribution in [0.5, 0.6) is 0 Å². The van der Waals surface area contributed by atoms with E-state index in [2.05, 4.69) is 40.3 Å². The second-order valence-electron chi connectivity index (χ2n) is 4.93. The van der Waals surface area contributed by atoms with Crippen molar-refractivity contribution in [3.8, 4) is 0 Å². The minimum Gasteiger partial charge on any atom is -0.310 e. The van der Waals surface area contributed by atoms with Crippen LogP contribution in [-0.4, -0.2) is 39.6 Å². The zero-order chi connectivity index (χ0) is 14.0. The fourth-order valence-corrected chi connectivity index (χ4v) is 2.27. The van der Waals surface area contributed by atoms with E-state index in [4.69, 9.17) is 11.6 Å². The van der Waals surface area contributed by atoms with Crippen LogP contribution in [0, 0.1) is 6.92 Å². The van der Waals surface area contributed by atoms with Crippen LogP contribution in [0.1, 0.15) is 30.6 Å². The number of aromatic nitrogens is 3. The molecule has 0 aliphatic heterocycles. The molecule has 1 atom stereocenters. The van der Waals surface area contributed by atoms with Gasteiger partial charge in [-0.2, -0.15) is 0 Å². The predicted octanol–water partition coefficient (Wildman–Crippen LogP) is 2.99. The highest BCUT2D eigenvalue weighted by molar-refractivity contribution is 6.20. The number of aryl methyl sites for hydroxylation is 1. The van der Waals surface area contributed by atoms with E-state index < -0.39 is 0 Å². The van der Waals surface area contributed by atoms with E-state index in [0.29, 0.717) is 0 Å². The van der Waals surface area contributed by atoms with Crippen LogP contribution in [0.4, 0.5) is 0 Å². The van der Waals surface area contributed by atoms with Crippen molar-refractivity contribution in [3.05, 3.63) is 23.7 Å². The van der Waals surface area contributed by atoms with Crippen LogP contribution < -0.4 is 0 Å². The zero-order valence-corrected chi connectivity index (χ0v) is 12.8. The third kappa shape index (κ3) is 2.90. The SMILES string of the molecule is CCN(C)CCn1c(C(C)Cl)nc2c(C)ccnc21. The van der Waals surface area contributed by atoms with Gasteiger partial charge in [0.1, 0.15) is 11.3 Å². The van der Waals surface area contributed by atoms with Gasteiger partial charge in [-0.05, 0) is 39.1 Å². The molecule has 4 nitrogen and oxygen atoms in total. The summed E-state index contributed by atoms with van der Waals surface area (Å²) in [5.41, 5.74) is 3.04. The summed E-state index contributed by atoms with van der Waals surface area (Å²) < 4.78 is 2.14. The Morgan fingerprint density at radius 2 is 2.21 bits per heavy atom. The van der Waals surface area contributed by atoms with Gasteiger partial charge in [0.05, 0.1) is 5.38 Å². The molecule has 2 aromatic rings. The molecule has 0 aromatic carbocycles. The molecule has 0 N–H and O–H groups in total. The van der Waals surface area contributed by atoms with E-state index in [-0.39, 0.29) is 5.38 Å². The number of alkyl halides is 1. The quantitative estimate of drug-likeness (QED) is 0.790. The molecule has 104 valence electrons. The first-order valence-corrected chi connectivity index (χ1v) is 7.12. The lowest BCUT2D eigenvalue weighted by Gasteiger charge is -2.16. The molecular formula is C14H21ClN4. The van der Waals surface area contributed by atoms with Crippen molar-refractivity contribution in [3.63, 3.8) is 0 Å². The molecule has 2 aromatic heterocycles. The summed E-state index contributed by atoms with van der Waals surface area (Å²) in [6.45, 7) is 9.03. The molecule has 5 heteroatoms. The van der Waals surface area contributed by atoms with Crippen molar-refractivity contribution in [2.75, 3.05) is 20.1 Å². The number of rotatable bonds is 5. The molecule has 0 aliphatic carbocycles. The van der Waals surface area contributed by atoms with Gasteiger partial charge in [-0.25, -0.2) is 9.97 Å². The molecule has 0 spiro atoms. The normalized spacial score (nSPS) is 13.4. The molecule has 19 heavy (non-hydrogen) atoms. The Labute approximate surface area is 119 Å². The summed E-state index contributed by atoms with van der Waals surface area (Å²) in [5, 5.41) is -0.111. The third-order valence-electron chi connectivity index (χ3n) is 3.47. The first-order valence-electron chi connectivity index (χ1n) is 6.69. The number of imidazole rings is 1. The lowest BCUT2D eigenvalue weighted by Crippen LogP contribution is -2.23. The van der Waals surface area contributed by atoms with Gasteiger partial charge in [0, 0.05) is 19.3 Å². The first kappa shape index (κ1) is 14.3. The Morgan fingerprint density at radius 1 is 1.47 bits per heavy atom. The second kappa shape index (κ2) is 5.88. The highest BCUT2D eigenvalue weighted by atomic mass is 35.5. The van der Waals surface area contributed by atoms with Crippen molar-refractivity contribution in [2.45, 2.75) is 32.7 Å². The number of hydrogen-bond acceptors (Lipinski definition) is 3. The van der Waals surface area contributed by atoms with Crippen LogP contribution in [0.15, 0.2) is 12.3 Å². The molecule has 0 bridgehead atoms. The van der Waals surface area contributed by atoms with Gasteiger partial charge in [0.25, 0.3) is 0 Å². The maximum Gasteiger partial charge on any atom is 0.160 e. The van der Waals surface area contributed by atoms with E-state index in [9.17, 15) is 0 Å². The van der Waals surface area contributed by atoms with Crippen LogP contribution >= 0.6 is 11.6 Å². The molecule has 0 saturated carbocycles. The standard InChI is InChI=1S/C14H21ClN4/c1-5-18(4)8-9-19-13(11(3)15)17-12-10(2)6-7-16-14(12)19/h6-7,11H,5,8-9H2,1-4H3. The number of fused-ring (bicyclic) bond motifs is 1. The summed E-state index contributed by atoms with van der Waals surface area (Å²) in [7, 11) is 2.11. The number of nitrogens with zero attached hydrogens (tertiary/aromatic N) is 4. The Kier molecular flexibility index (Phi) is 4.42. The first-order chi connectivity index (χ1) is 9.04. The van der Waals surface area contributed by atoms with E-state index in [1.807, 2.05) is 19.2 Å². The van der Waals surface area contributed by atoms with Crippen molar-refractivity contribution in [2.24, 2.45) is 0 Å². The van der Waals surface area contributed by atoms with Gasteiger partial charge >= 0.3 is 0 Å². The van der Waals surface area contributed by atoms with Gasteiger partial charge in [0.15, 0.2) is 5.65 Å². The average molecular weight is 281 g/mol. The number of halogens is 1. The average Bonchev–Trinajstić information content (AvgIpc) is 2.76. The molecule has 1 unspecified atom stereocenters. The lowest BCUT2D eigenvalue weighted by atomic mass is 10.3. The van der Waals surface area contributed by atoms with Crippen molar-refractivity contribution >= 4 is 22.8 Å². The predicted molar refractivity (Wildman–Crippen MR) is 79.7 cm³/mol. The van der Waals surface area contributed by atoms with Crippen LogP contribution in [-0.2, 0) is 6.54 Å².